The van der Waals surface area contributed by atoms with Gasteiger partial charge in [0.05, 0.1) is 5.56 Å². The Morgan fingerprint density at radius 3 is 2.83 bits per heavy atom. The molecule has 0 radical (unpaired) electrons. The van der Waals surface area contributed by atoms with Crippen LogP contribution in [0.2, 0.25) is 0 Å². The third kappa shape index (κ3) is 4.14. The molecule has 1 amide bonds. The monoisotopic (exact) mass is 438 g/mol. The quantitative estimate of drug-likeness (QED) is 0.599. The van der Waals surface area contributed by atoms with E-state index < -0.39 is 0 Å². The van der Waals surface area contributed by atoms with Crippen LogP contribution in [0, 0.1) is 9.39 Å². The molecule has 23 heavy (non-hydrogen) atoms. The molecule has 1 aromatic heterocycles. The van der Waals surface area contributed by atoms with Crippen LogP contribution < -0.4 is 5.32 Å². The second-order valence-electron chi connectivity index (χ2n) is 4.87. The third-order valence-electron chi connectivity index (χ3n) is 3.16. The van der Waals surface area contributed by atoms with Gasteiger partial charge in [-0.3, -0.25) is 10.1 Å². The molecule has 0 aliphatic carbocycles. The van der Waals surface area contributed by atoms with E-state index in [9.17, 15) is 9.18 Å². The van der Waals surface area contributed by atoms with Crippen molar-refractivity contribution in [2.24, 2.45) is 0 Å². The maximum Gasteiger partial charge on any atom is 0.258 e. The maximum absolute atomic E-state index is 13.2. The third-order valence-corrected chi connectivity index (χ3v) is 5.01. The van der Waals surface area contributed by atoms with E-state index in [1.807, 2.05) is 24.3 Å². The van der Waals surface area contributed by atoms with E-state index in [-0.39, 0.29) is 11.7 Å². The van der Waals surface area contributed by atoms with Crippen molar-refractivity contribution >= 4 is 45.0 Å². The highest BCUT2D eigenvalue weighted by molar-refractivity contribution is 14.1. The Morgan fingerprint density at radius 2 is 2.04 bits per heavy atom. The van der Waals surface area contributed by atoms with Crippen molar-refractivity contribution in [3.63, 3.8) is 0 Å². The van der Waals surface area contributed by atoms with Gasteiger partial charge in [-0.15, -0.1) is 11.3 Å². The van der Waals surface area contributed by atoms with E-state index in [0.717, 1.165) is 14.0 Å². The fraction of sp³-hybridized carbons (Fsp3) is 0.0588. The van der Waals surface area contributed by atoms with Crippen molar-refractivity contribution in [1.82, 2.24) is 4.98 Å². The average Bonchev–Trinajstić information content (AvgIpc) is 2.94. The summed E-state index contributed by atoms with van der Waals surface area (Å²) in [6.45, 7) is 0. The van der Waals surface area contributed by atoms with Crippen LogP contribution in [0.15, 0.2) is 54.7 Å². The van der Waals surface area contributed by atoms with Crippen LogP contribution in [0.1, 0.15) is 20.8 Å². The lowest BCUT2D eigenvalue weighted by Crippen LogP contribution is -2.12. The van der Waals surface area contributed by atoms with Crippen molar-refractivity contribution in [2.75, 3.05) is 5.32 Å². The summed E-state index contributed by atoms with van der Waals surface area (Å²) in [5.74, 6) is -0.430. The van der Waals surface area contributed by atoms with Crippen LogP contribution in [-0.2, 0) is 6.42 Å². The molecule has 0 spiro atoms. The predicted molar refractivity (Wildman–Crippen MR) is 98.4 cm³/mol. The minimum atomic E-state index is -0.251. The van der Waals surface area contributed by atoms with E-state index in [2.05, 4.69) is 32.9 Å². The SMILES string of the molecule is O=C(Nc1ncc(Cc2cccc(F)c2)s1)c1ccccc1I. The summed E-state index contributed by atoms with van der Waals surface area (Å²) < 4.78 is 14.1. The zero-order valence-corrected chi connectivity index (χ0v) is 14.9. The molecule has 6 heteroatoms. The first-order chi connectivity index (χ1) is 11.1. The Bertz CT molecular complexity index is 850. The van der Waals surface area contributed by atoms with Crippen LogP contribution in [0.3, 0.4) is 0 Å². The number of thiazole rings is 1. The summed E-state index contributed by atoms with van der Waals surface area (Å²) >= 11 is 3.52. The van der Waals surface area contributed by atoms with Crippen molar-refractivity contribution in [3.8, 4) is 0 Å². The number of carbonyl (C=O) groups is 1. The molecule has 0 aliphatic heterocycles. The first-order valence-corrected chi connectivity index (χ1v) is 8.76. The summed E-state index contributed by atoms with van der Waals surface area (Å²) in [6, 6.07) is 13.9. The Kier molecular flexibility index (Phi) is 5.02. The summed E-state index contributed by atoms with van der Waals surface area (Å²) in [5.41, 5.74) is 1.50. The highest BCUT2D eigenvalue weighted by atomic mass is 127. The van der Waals surface area contributed by atoms with Gasteiger partial charge in [-0.1, -0.05) is 24.3 Å². The van der Waals surface area contributed by atoms with Crippen LogP contribution in [0.25, 0.3) is 0 Å². The molecule has 116 valence electrons. The number of hydrogen-bond acceptors (Lipinski definition) is 3. The lowest BCUT2D eigenvalue weighted by molar-refractivity contribution is 0.102. The molecule has 0 saturated heterocycles. The van der Waals surface area contributed by atoms with E-state index in [0.29, 0.717) is 17.1 Å². The zero-order chi connectivity index (χ0) is 16.2. The number of aromatic nitrogens is 1. The summed E-state index contributed by atoms with van der Waals surface area (Å²) in [5, 5.41) is 3.35. The molecular formula is C17H12FIN2OS. The van der Waals surface area contributed by atoms with E-state index >= 15 is 0 Å². The second-order valence-corrected chi connectivity index (χ2v) is 7.15. The molecule has 3 nitrogen and oxygen atoms in total. The standard InChI is InChI=1S/C17H12FIN2OS/c18-12-5-3-4-11(8-12)9-13-10-20-17(23-13)21-16(22)14-6-1-2-7-15(14)19/h1-8,10H,9H2,(H,20,21,22). The maximum atomic E-state index is 13.2. The Morgan fingerprint density at radius 1 is 1.22 bits per heavy atom. The van der Waals surface area contributed by atoms with Crippen molar-refractivity contribution in [1.29, 1.82) is 0 Å². The lowest BCUT2D eigenvalue weighted by atomic mass is 10.1. The average molecular weight is 438 g/mol. The van der Waals surface area contributed by atoms with Crippen molar-refractivity contribution < 1.29 is 9.18 Å². The van der Waals surface area contributed by atoms with Gasteiger partial charge in [-0.25, -0.2) is 9.37 Å². The summed E-state index contributed by atoms with van der Waals surface area (Å²) in [7, 11) is 0. The van der Waals surface area contributed by atoms with Gasteiger partial charge in [0.15, 0.2) is 5.13 Å². The van der Waals surface area contributed by atoms with E-state index in [1.165, 1.54) is 23.5 Å². The smallest absolute Gasteiger partial charge is 0.258 e. The van der Waals surface area contributed by atoms with Crippen molar-refractivity contribution in [3.05, 3.63) is 80.1 Å². The lowest BCUT2D eigenvalue weighted by Gasteiger charge is -2.03. The minimum Gasteiger partial charge on any atom is -0.298 e. The molecular weight excluding hydrogens is 426 g/mol. The van der Waals surface area contributed by atoms with Gasteiger partial charge in [0.2, 0.25) is 0 Å². The van der Waals surface area contributed by atoms with Gasteiger partial charge in [0.25, 0.3) is 5.91 Å². The van der Waals surface area contributed by atoms with Gasteiger partial charge in [0.1, 0.15) is 5.82 Å². The first kappa shape index (κ1) is 16.1. The molecule has 0 aliphatic rings. The Hall–Kier alpha value is -1.80. The van der Waals surface area contributed by atoms with Crippen LogP contribution in [0.5, 0.6) is 0 Å². The van der Waals surface area contributed by atoms with Crippen LogP contribution >= 0.6 is 33.9 Å². The van der Waals surface area contributed by atoms with Crippen molar-refractivity contribution in [2.45, 2.75) is 6.42 Å². The first-order valence-electron chi connectivity index (χ1n) is 6.87. The minimum absolute atomic E-state index is 0.179. The highest BCUT2D eigenvalue weighted by Gasteiger charge is 2.12. The molecule has 0 bridgehead atoms. The Labute approximate surface area is 150 Å². The fourth-order valence-corrected chi connectivity index (χ4v) is 3.58. The number of benzene rings is 2. The highest BCUT2D eigenvalue weighted by Crippen LogP contribution is 2.22. The van der Waals surface area contributed by atoms with Gasteiger partial charge < -0.3 is 0 Å². The normalized spacial score (nSPS) is 10.5. The summed E-state index contributed by atoms with van der Waals surface area (Å²) in [4.78, 5) is 17.4. The Balaban J connectivity index is 1.70. The number of hydrogen-bond donors (Lipinski definition) is 1. The molecule has 0 atom stereocenters. The predicted octanol–water partition coefficient (Wildman–Crippen LogP) is 4.73. The molecule has 0 saturated carbocycles. The van der Waals surface area contributed by atoms with Crippen LogP contribution in [-0.4, -0.2) is 10.9 Å². The van der Waals surface area contributed by atoms with Crippen LogP contribution in [0.4, 0.5) is 9.52 Å². The van der Waals surface area contributed by atoms with E-state index in [1.54, 1.807) is 18.3 Å². The molecule has 3 aromatic rings. The number of anilines is 1. The molecule has 0 unspecified atom stereocenters. The van der Waals surface area contributed by atoms with Gasteiger partial charge >= 0.3 is 0 Å². The van der Waals surface area contributed by atoms with Gasteiger partial charge in [-0.05, 0) is 52.4 Å². The molecule has 0 fully saturated rings. The largest absolute Gasteiger partial charge is 0.298 e. The number of rotatable bonds is 4. The van der Waals surface area contributed by atoms with E-state index in [4.69, 9.17) is 0 Å². The summed E-state index contributed by atoms with van der Waals surface area (Å²) in [6.07, 6.45) is 2.30. The van der Waals surface area contributed by atoms with Gasteiger partial charge in [-0.2, -0.15) is 0 Å². The van der Waals surface area contributed by atoms with Gasteiger partial charge in [0, 0.05) is 21.1 Å². The number of nitrogens with zero attached hydrogens (tertiary/aromatic N) is 1. The second kappa shape index (κ2) is 7.18. The number of nitrogens with one attached hydrogen (secondary N) is 1. The number of carbonyl (C=O) groups excluding carboxylic acids is 1. The topological polar surface area (TPSA) is 42.0 Å². The molecule has 2 aromatic carbocycles. The number of halogens is 2. The zero-order valence-electron chi connectivity index (χ0n) is 11.9. The molecule has 3 rings (SSSR count). The fourth-order valence-electron chi connectivity index (χ4n) is 2.10. The number of amides is 1. The molecule has 1 heterocycles. The molecule has 1 N–H and O–H groups in total.